The van der Waals surface area contributed by atoms with Gasteiger partial charge in [-0.15, -0.1) is 0 Å². The number of nitrogens with zero attached hydrogens (tertiary/aromatic N) is 2. The summed E-state index contributed by atoms with van der Waals surface area (Å²) in [6.45, 7) is 4.77. The van der Waals surface area contributed by atoms with E-state index in [1.807, 2.05) is 24.3 Å². The molecule has 1 atom stereocenters. The highest BCUT2D eigenvalue weighted by Gasteiger charge is 2.28. The second-order valence-electron chi connectivity index (χ2n) is 5.55. The van der Waals surface area contributed by atoms with E-state index in [4.69, 9.17) is 9.26 Å². The van der Waals surface area contributed by atoms with E-state index in [1.165, 1.54) is 0 Å². The molecular formula is C15H20N4O2. The molecule has 1 aliphatic rings. The van der Waals surface area contributed by atoms with Crippen molar-refractivity contribution in [3.63, 3.8) is 0 Å². The molecule has 3 rings (SSSR count). The minimum absolute atomic E-state index is 0.0963. The van der Waals surface area contributed by atoms with Gasteiger partial charge in [0.1, 0.15) is 5.75 Å². The van der Waals surface area contributed by atoms with Crippen LogP contribution >= 0.6 is 0 Å². The van der Waals surface area contributed by atoms with E-state index in [0.29, 0.717) is 18.3 Å². The van der Waals surface area contributed by atoms with Gasteiger partial charge in [0.05, 0.1) is 19.2 Å². The van der Waals surface area contributed by atoms with Crippen LogP contribution in [0.1, 0.15) is 19.2 Å². The van der Waals surface area contributed by atoms with Crippen molar-refractivity contribution in [3.8, 4) is 17.1 Å². The molecule has 0 unspecified atom stereocenters. The molecule has 0 amide bonds. The van der Waals surface area contributed by atoms with Crippen LogP contribution in [0.25, 0.3) is 11.4 Å². The van der Waals surface area contributed by atoms with Gasteiger partial charge in [0.25, 0.3) is 0 Å². The van der Waals surface area contributed by atoms with Gasteiger partial charge in [-0.05, 0) is 32.0 Å². The SMILES string of the molecule is COc1ccccc1-c1noc(CN[C@]2(C)CCNC2)n1. The molecule has 112 valence electrons. The number of hydrogen-bond donors (Lipinski definition) is 2. The van der Waals surface area contributed by atoms with Crippen molar-refractivity contribution < 1.29 is 9.26 Å². The number of ether oxygens (including phenoxy) is 1. The summed E-state index contributed by atoms with van der Waals surface area (Å²) >= 11 is 0. The molecule has 2 heterocycles. The third-order valence-corrected chi connectivity index (χ3v) is 3.85. The van der Waals surface area contributed by atoms with E-state index >= 15 is 0 Å². The van der Waals surface area contributed by atoms with Crippen LogP contribution in [-0.4, -0.2) is 35.9 Å². The Hall–Kier alpha value is -1.92. The molecule has 0 saturated carbocycles. The number of methoxy groups -OCH3 is 1. The Morgan fingerprint density at radius 1 is 1.43 bits per heavy atom. The lowest BCUT2D eigenvalue weighted by molar-refractivity contribution is 0.323. The van der Waals surface area contributed by atoms with Gasteiger partial charge in [-0.25, -0.2) is 0 Å². The minimum Gasteiger partial charge on any atom is -0.496 e. The summed E-state index contributed by atoms with van der Waals surface area (Å²) in [6.07, 6.45) is 1.10. The molecule has 6 nitrogen and oxygen atoms in total. The van der Waals surface area contributed by atoms with E-state index in [1.54, 1.807) is 7.11 Å². The lowest BCUT2D eigenvalue weighted by atomic mass is 10.0. The maximum Gasteiger partial charge on any atom is 0.240 e. The Kier molecular flexibility index (Phi) is 3.90. The highest BCUT2D eigenvalue weighted by molar-refractivity contribution is 5.63. The van der Waals surface area contributed by atoms with Crippen LogP contribution in [0.4, 0.5) is 0 Å². The summed E-state index contributed by atoms with van der Waals surface area (Å²) in [4.78, 5) is 4.44. The number of para-hydroxylation sites is 1. The first-order chi connectivity index (χ1) is 10.2. The van der Waals surface area contributed by atoms with Crippen LogP contribution in [0.2, 0.25) is 0 Å². The quantitative estimate of drug-likeness (QED) is 0.870. The van der Waals surface area contributed by atoms with Crippen molar-refractivity contribution in [2.75, 3.05) is 20.2 Å². The van der Waals surface area contributed by atoms with Crippen LogP contribution in [0, 0.1) is 0 Å². The van der Waals surface area contributed by atoms with Gasteiger partial charge in [-0.2, -0.15) is 4.98 Å². The molecule has 0 aliphatic carbocycles. The van der Waals surface area contributed by atoms with Gasteiger partial charge >= 0.3 is 0 Å². The maximum atomic E-state index is 5.32. The summed E-state index contributed by atoms with van der Waals surface area (Å²) in [5.74, 6) is 1.88. The lowest BCUT2D eigenvalue weighted by Crippen LogP contribution is -2.43. The fourth-order valence-corrected chi connectivity index (χ4v) is 2.52. The van der Waals surface area contributed by atoms with E-state index < -0.39 is 0 Å². The lowest BCUT2D eigenvalue weighted by Gasteiger charge is -2.23. The van der Waals surface area contributed by atoms with E-state index in [2.05, 4.69) is 27.7 Å². The maximum absolute atomic E-state index is 5.32. The number of benzene rings is 1. The summed E-state index contributed by atoms with van der Waals surface area (Å²) < 4.78 is 10.6. The summed E-state index contributed by atoms with van der Waals surface area (Å²) in [7, 11) is 1.63. The average Bonchev–Trinajstić information content (AvgIpc) is 3.15. The number of rotatable bonds is 5. The molecule has 0 radical (unpaired) electrons. The van der Waals surface area contributed by atoms with Crippen molar-refractivity contribution in [2.24, 2.45) is 0 Å². The Morgan fingerprint density at radius 2 is 2.29 bits per heavy atom. The molecule has 1 fully saturated rings. The summed E-state index contributed by atoms with van der Waals surface area (Å²) in [5.41, 5.74) is 0.933. The molecular weight excluding hydrogens is 268 g/mol. The fraction of sp³-hybridized carbons (Fsp3) is 0.467. The minimum atomic E-state index is 0.0963. The molecule has 1 aromatic heterocycles. The van der Waals surface area contributed by atoms with Crippen molar-refractivity contribution in [1.29, 1.82) is 0 Å². The van der Waals surface area contributed by atoms with Gasteiger partial charge in [0, 0.05) is 12.1 Å². The molecule has 2 aromatic rings. The Bertz CT molecular complexity index is 605. The van der Waals surface area contributed by atoms with Crippen molar-refractivity contribution in [3.05, 3.63) is 30.2 Å². The normalized spacial score (nSPS) is 21.6. The van der Waals surface area contributed by atoms with Crippen LogP contribution in [0.5, 0.6) is 5.75 Å². The topological polar surface area (TPSA) is 72.2 Å². The van der Waals surface area contributed by atoms with Gasteiger partial charge in [-0.3, -0.25) is 0 Å². The highest BCUT2D eigenvalue weighted by atomic mass is 16.5. The van der Waals surface area contributed by atoms with Crippen molar-refractivity contribution in [2.45, 2.75) is 25.4 Å². The van der Waals surface area contributed by atoms with E-state index in [-0.39, 0.29) is 5.54 Å². The monoisotopic (exact) mass is 288 g/mol. The molecule has 2 N–H and O–H groups in total. The van der Waals surface area contributed by atoms with Crippen LogP contribution in [-0.2, 0) is 6.54 Å². The van der Waals surface area contributed by atoms with E-state index in [0.717, 1.165) is 30.8 Å². The van der Waals surface area contributed by atoms with E-state index in [9.17, 15) is 0 Å². The number of nitrogens with one attached hydrogen (secondary N) is 2. The summed E-state index contributed by atoms with van der Waals surface area (Å²) in [5, 5.41) is 10.9. The Balaban J connectivity index is 1.71. The van der Waals surface area contributed by atoms with Crippen molar-refractivity contribution >= 4 is 0 Å². The molecule has 6 heteroatoms. The second kappa shape index (κ2) is 5.83. The first kappa shape index (κ1) is 14.0. The Morgan fingerprint density at radius 3 is 3.05 bits per heavy atom. The number of hydrogen-bond acceptors (Lipinski definition) is 6. The zero-order chi connectivity index (χ0) is 14.7. The van der Waals surface area contributed by atoms with Crippen LogP contribution < -0.4 is 15.4 Å². The van der Waals surface area contributed by atoms with Gasteiger partial charge in [-0.1, -0.05) is 17.3 Å². The number of aromatic nitrogens is 2. The molecule has 0 spiro atoms. The highest BCUT2D eigenvalue weighted by Crippen LogP contribution is 2.27. The molecule has 1 aliphatic heterocycles. The van der Waals surface area contributed by atoms with Crippen molar-refractivity contribution in [1.82, 2.24) is 20.8 Å². The molecule has 0 bridgehead atoms. The first-order valence-electron chi connectivity index (χ1n) is 7.12. The zero-order valence-corrected chi connectivity index (χ0v) is 12.3. The van der Waals surface area contributed by atoms with Gasteiger partial charge < -0.3 is 19.9 Å². The predicted molar refractivity (Wildman–Crippen MR) is 79.0 cm³/mol. The fourth-order valence-electron chi connectivity index (χ4n) is 2.52. The van der Waals surface area contributed by atoms with Gasteiger partial charge in [0.2, 0.25) is 11.7 Å². The molecule has 1 saturated heterocycles. The predicted octanol–water partition coefficient (Wildman–Crippen LogP) is 1.59. The van der Waals surface area contributed by atoms with Gasteiger partial charge in [0.15, 0.2) is 0 Å². The smallest absolute Gasteiger partial charge is 0.240 e. The standard InChI is InChI=1S/C15H20N4O2/c1-15(7-8-16-10-15)17-9-13-18-14(19-21-13)11-5-3-4-6-12(11)20-2/h3-6,16-17H,7-10H2,1-2H3/t15-/m1/s1. The summed E-state index contributed by atoms with van der Waals surface area (Å²) in [6, 6.07) is 7.65. The third kappa shape index (κ3) is 3.06. The van der Waals surface area contributed by atoms with Crippen LogP contribution in [0.3, 0.4) is 0 Å². The Labute approximate surface area is 123 Å². The van der Waals surface area contributed by atoms with Crippen LogP contribution in [0.15, 0.2) is 28.8 Å². The second-order valence-corrected chi connectivity index (χ2v) is 5.55. The largest absolute Gasteiger partial charge is 0.496 e. The molecule has 1 aromatic carbocycles. The molecule has 21 heavy (non-hydrogen) atoms. The zero-order valence-electron chi connectivity index (χ0n) is 12.3. The first-order valence-corrected chi connectivity index (χ1v) is 7.12. The third-order valence-electron chi connectivity index (χ3n) is 3.85. The average molecular weight is 288 g/mol.